The van der Waals surface area contributed by atoms with E-state index in [1.54, 1.807) is 4.90 Å². The van der Waals surface area contributed by atoms with Crippen LogP contribution >= 0.6 is 0 Å². The van der Waals surface area contributed by atoms with Crippen molar-refractivity contribution >= 4 is 11.8 Å². The van der Waals surface area contributed by atoms with Gasteiger partial charge < -0.3 is 4.74 Å². The summed E-state index contributed by atoms with van der Waals surface area (Å²) in [6.07, 6.45) is 7.69. The van der Waals surface area contributed by atoms with Gasteiger partial charge in [-0.05, 0) is 38.7 Å². The molecule has 1 atom stereocenters. The van der Waals surface area contributed by atoms with E-state index >= 15 is 0 Å². The predicted molar refractivity (Wildman–Crippen MR) is 107 cm³/mol. The van der Waals surface area contributed by atoms with Crippen molar-refractivity contribution in [3.63, 3.8) is 0 Å². The number of hydrogen-bond acceptors (Lipinski definition) is 3. The monoisotopic (exact) mass is 367 g/mol. The highest BCUT2D eigenvalue weighted by Crippen LogP contribution is 2.30. The van der Waals surface area contributed by atoms with Crippen LogP contribution in [0.15, 0.2) is 48.8 Å². The Hall–Kier alpha value is -2.56. The van der Waals surface area contributed by atoms with Gasteiger partial charge in [-0.1, -0.05) is 49.8 Å². The number of benzene rings is 1. The largest absolute Gasteiger partial charge is 0.443 e. The summed E-state index contributed by atoms with van der Waals surface area (Å²) >= 11 is 0. The Morgan fingerprint density at radius 1 is 1.26 bits per heavy atom. The van der Waals surface area contributed by atoms with Crippen LogP contribution in [0.25, 0.3) is 5.70 Å². The standard InChI is InChI=1S/C22H29N3O2/c1-5-17-11-12-20(25(15-17)21(26)27-22(2,3)4)19-13-23-24(16-19)14-18-9-7-6-8-10-18/h6-10,12-13,16-17H,5,11,14-15H2,1-4H3. The molecule has 27 heavy (non-hydrogen) atoms. The lowest BCUT2D eigenvalue weighted by atomic mass is 9.96. The Morgan fingerprint density at radius 2 is 2.00 bits per heavy atom. The van der Waals surface area contributed by atoms with Gasteiger partial charge in [0.05, 0.1) is 18.4 Å². The minimum atomic E-state index is -0.515. The molecule has 0 radical (unpaired) electrons. The fourth-order valence-corrected chi connectivity index (χ4v) is 3.23. The molecule has 1 aromatic carbocycles. The van der Waals surface area contributed by atoms with Crippen molar-refractivity contribution in [2.45, 2.75) is 52.7 Å². The van der Waals surface area contributed by atoms with E-state index in [0.29, 0.717) is 19.0 Å². The smallest absolute Gasteiger partial charge is 0.414 e. The van der Waals surface area contributed by atoms with Crippen molar-refractivity contribution in [2.75, 3.05) is 6.54 Å². The Labute approximate surface area is 161 Å². The van der Waals surface area contributed by atoms with E-state index in [4.69, 9.17) is 4.74 Å². The third kappa shape index (κ3) is 5.00. The summed E-state index contributed by atoms with van der Waals surface area (Å²) in [6.45, 7) is 9.24. The summed E-state index contributed by atoms with van der Waals surface area (Å²) in [5.41, 5.74) is 2.53. The normalized spacial score (nSPS) is 17.6. The summed E-state index contributed by atoms with van der Waals surface area (Å²) in [6, 6.07) is 10.2. The number of aromatic nitrogens is 2. The van der Waals surface area contributed by atoms with Crippen molar-refractivity contribution in [1.29, 1.82) is 0 Å². The molecule has 1 aromatic heterocycles. The van der Waals surface area contributed by atoms with Crippen LogP contribution in [0.2, 0.25) is 0 Å². The maximum atomic E-state index is 12.8. The molecule has 0 spiro atoms. The summed E-state index contributed by atoms with van der Waals surface area (Å²) in [7, 11) is 0. The van der Waals surface area contributed by atoms with E-state index in [-0.39, 0.29) is 6.09 Å². The second kappa shape index (κ2) is 7.99. The predicted octanol–water partition coefficient (Wildman–Crippen LogP) is 4.94. The second-order valence-electron chi connectivity index (χ2n) is 8.10. The molecule has 2 heterocycles. The van der Waals surface area contributed by atoms with Crippen LogP contribution in [0.4, 0.5) is 4.79 Å². The average molecular weight is 367 g/mol. The Bertz CT molecular complexity index is 802. The molecule has 0 fully saturated rings. The van der Waals surface area contributed by atoms with E-state index in [0.717, 1.165) is 24.1 Å². The minimum absolute atomic E-state index is 0.289. The molecule has 5 heteroatoms. The van der Waals surface area contributed by atoms with E-state index < -0.39 is 5.60 Å². The molecular weight excluding hydrogens is 338 g/mol. The molecule has 0 bridgehead atoms. The highest BCUT2D eigenvalue weighted by atomic mass is 16.6. The van der Waals surface area contributed by atoms with Gasteiger partial charge in [0.25, 0.3) is 0 Å². The Kier molecular flexibility index (Phi) is 5.68. The zero-order valence-electron chi connectivity index (χ0n) is 16.7. The summed E-state index contributed by atoms with van der Waals surface area (Å²) in [5.74, 6) is 0.459. The quantitative estimate of drug-likeness (QED) is 0.769. The molecular formula is C22H29N3O2. The molecule has 1 aliphatic heterocycles. The average Bonchev–Trinajstić information content (AvgIpc) is 3.09. The molecule has 0 N–H and O–H groups in total. The molecule has 5 nitrogen and oxygen atoms in total. The molecule has 1 amide bonds. The third-order valence-electron chi connectivity index (χ3n) is 4.68. The highest BCUT2D eigenvalue weighted by molar-refractivity contribution is 5.82. The van der Waals surface area contributed by atoms with Gasteiger partial charge in [0.2, 0.25) is 0 Å². The number of amides is 1. The number of carbonyl (C=O) groups excluding carboxylic acids is 1. The van der Waals surface area contributed by atoms with Gasteiger partial charge in [-0.15, -0.1) is 0 Å². The molecule has 144 valence electrons. The molecule has 0 saturated heterocycles. The lowest BCUT2D eigenvalue weighted by Crippen LogP contribution is -2.40. The van der Waals surface area contributed by atoms with Gasteiger partial charge in [-0.3, -0.25) is 9.58 Å². The maximum Gasteiger partial charge on any atom is 0.414 e. The van der Waals surface area contributed by atoms with E-state index in [1.165, 1.54) is 5.56 Å². The highest BCUT2D eigenvalue weighted by Gasteiger charge is 2.30. The van der Waals surface area contributed by atoms with Gasteiger partial charge >= 0.3 is 6.09 Å². The first-order valence-electron chi connectivity index (χ1n) is 9.63. The first-order valence-corrected chi connectivity index (χ1v) is 9.63. The summed E-state index contributed by atoms with van der Waals surface area (Å²) in [4.78, 5) is 14.6. The number of allylic oxidation sites excluding steroid dienone is 1. The first-order chi connectivity index (χ1) is 12.9. The van der Waals surface area contributed by atoms with Gasteiger partial charge in [-0.25, -0.2) is 4.79 Å². The van der Waals surface area contributed by atoms with Crippen molar-refractivity contribution in [1.82, 2.24) is 14.7 Å². The number of hydrogen-bond donors (Lipinski definition) is 0. The summed E-state index contributed by atoms with van der Waals surface area (Å²) in [5, 5.41) is 4.49. The van der Waals surface area contributed by atoms with E-state index in [2.05, 4.69) is 30.2 Å². The zero-order valence-corrected chi connectivity index (χ0v) is 16.7. The molecule has 2 aromatic rings. The van der Waals surface area contributed by atoms with Gasteiger partial charge in [-0.2, -0.15) is 5.10 Å². The fourth-order valence-electron chi connectivity index (χ4n) is 3.23. The fraction of sp³-hybridized carbons (Fsp3) is 0.455. The van der Waals surface area contributed by atoms with Crippen LogP contribution in [0.3, 0.4) is 0 Å². The van der Waals surface area contributed by atoms with Crippen LogP contribution in [-0.2, 0) is 11.3 Å². The lowest BCUT2D eigenvalue weighted by molar-refractivity contribution is 0.0322. The molecule has 3 rings (SSSR count). The van der Waals surface area contributed by atoms with Crippen molar-refractivity contribution in [2.24, 2.45) is 5.92 Å². The van der Waals surface area contributed by atoms with Gasteiger partial charge in [0.15, 0.2) is 0 Å². The van der Waals surface area contributed by atoms with Crippen molar-refractivity contribution < 1.29 is 9.53 Å². The number of ether oxygens (including phenoxy) is 1. The molecule has 1 unspecified atom stereocenters. The number of rotatable bonds is 4. The topological polar surface area (TPSA) is 47.4 Å². The number of carbonyl (C=O) groups is 1. The second-order valence-corrected chi connectivity index (χ2v) is 8.10. The molecule has 1 aliphatic rings. The maximum absolute atomic E-state index is 12.8. The van der Waals surface area contributed by atoms with Crippen LogP contribution in [0, 0.1) is 5.92 Å². The van der Waals surface area contributed by atoms with E-state index in [1.807, 2.05) is 56.0 Å². The van der Waals surface area contributed by atoms with Crippen LogP contribution in [0.5, 0.6) is 0 Å². The van der Waals surface area contributed by atoms with Crippen LogP contribution < -0.4 is 0 Å². The first kappa shape index (κ1) is 19.2. The lowest BCUT2D eigenvalue weighted by Gasteiger charge is -2.34. The van der Waals surface area contributed by atoms with Crippen LogP contribution in [-0.4, -0.2) is 32.9 Å². The van der Waals surface area contributed by atoms with Crippen molar-refractivity contribution in [3.8, 4) is 0 Å². The van der Waals surface area contributed by atoms with Crippen molar-refractivity contribution in [3.05, 3.63) is 59.9 Å². The third-order valence-corrected chi connectivity index (χ3v) is 4.68. The Morgan fingerprint density at radius 3 is 2.67 bits per heavy atom. The van der Waals surface area contributed by atoms with E-state index in [9.17, 15) is 4.79 Å². The van der Waals surface area contributed by atoms with Gasteiger partial charge in [0, 0.05) is 18.3 Å². The minimum Gasteiger partial charge on any atom is -0.443 e. The molecule has 0 aliphatic carbocycles. The van der Waals surface area contributed by atoms with Crippen LogP contribution in [0.1, 0.15) is 51.7 Å². The zero-order chi connectivity index (χ0) is 19.4. The molecule has 0 saturated carbocycles. The number of nitrogens with zero attached hydrogens (tertiary/aromatic N) is 3. The summed E-state index contributed by atoms with van der Waals surface area (Å²) < 4.78 is 7.55. The Balaban J connectivity index is 1.82. The van der Waals surface area contributed by atoms with Gasteiger partial charge in [0.1, 0.15) is 5.60 Å². The SMILES string of the molecule is CCC1CC=C(c2cnn(Cc3ccccc3)c2)N(C(=O)OC(C)(C)C)C1.